The Bertz CT molecular complexity index is 190. The van der Waals surface area contributed by atoms with E-state index in [9.17, 15) is 4.79 Å². The lowest BCUT2D eigenvalue weighted by molar-refractivity contribution is -0.139. The molecule has 0 aromatic heterocycles. The number of hydrogen-bond acceptors (Lipinski definition) is 2. The molecule has 1 heterocycles. The third kappa shape index (κ3) is 1.33. The lowest BCUT2D eigenvalue weighted by atomic mass is 9.85. The molecule has 3 heteroatoms. The van der Waals surface area contributed by atoms with Gasteiger partial charge in [0.1, 0.15) is 0 Å². The normalized spacial score (nSPS) is 31.8. The highest BCUT2D eigenvalue weighted by atomic mass is 16.5. The topological polar surface area (TPSA) is 46.5 Å². The van der Waals surface area contributed by atoms with Crippen molar-refractivity contribution in [2.45, 2.75) is 25.7 Å². The summed E-state index contributed by atoms with van der Waals surface area (Å²) in [4.78, 5) is 10.6. The van der Waals surface area contributed by atoms with Gasteiger partial charge in [0.05, 0.1) is 13.0 Å². The minimum absolute atomic E-state index is 0.127. The molecule has 3 nitrogen and oxygen atoms in total. The van der Waals surface area contributed by atoms with Gasteiger partial charge in [-0.05, 0) is 30.6 Å². The first kappa shape index (κ1) is 8.05. The third-order valence-electron chi connectivity index (χ3n) is 3.19. The molecule has 0 bridgehead atoms. The van der Waals surface area contributed by atoms with E-state index >= 15 is 0 Å². The van der Waals surface area contributed by atoms with E-state index < -0.39 is 5.97 Å². The molecule has 1 saturated heterocycles. The Morgan fingerprint density at radius 3 is 2.75 bits per heavy atom. The van der Waals surface area contributed by atoms with E-state index in [1.54, 1.807) is 0 Å². The van der Waals surface area contributed by atoms with E-state index in [1.165, 1.54) is 0 Å². The Morgan fingerprint density at radius 2 is 2.33 bits per heavy atom. The van der Waals surface area contributed by atoms with Crippen LogP contribution in [-0.2, 0) is 9.53 Å². The predicted molar refractivity (Wildman–Crippen MR) is 42.8 cm³/mol. The number of carboxylic acid groups (broad SMARTS) is 1. The fourth-order valence-electron chi connectivity index (χ4n) is 2.21. The van der Waals surface area contributed by atoms with Crippen molar-refractivity contribution in [3.8, 4) is 0 Å². The first-order valence-electron chi connectivity index (χ1n) is 4.52. The Kier molecular flexibility index (Phi) is 1.83. The monoisotopic (exact) mass is 170 g/mol. The Labute approximate surface area is 71.7 Å². The van der Waals surface area contributed by atoms with Crippen molar-refractivity contribution in [2.24, 2.45) is 11.3 Å². The van der Waals surface area contributed by atoms with E-state index in [1.807, 2.05) is 0 Å². The van der Waals surface area contributed by atoms with Crippen molar-refractivity contribution in [1.82, 2.24) is 0 Å². The lowest BCUT2D eigenvalue weighted by Gasteiger charge is -2.18. The standard InChI is InChI=1S/C9H14O3/c10-8(11)5-9(2-3-9)7-1-4-12-6-7/h7H,1-6H2,(H,10,11). The summed E-state index contributed by atoms with van der Waals surface area (Å²) in [5.74, 6) is -0.131. The van der Waals surface area contributed by atoms with Crippen LogP contribution >= 0.6 is 0 Å². The van der Waals surface area contributed by atoms with Crippen molar-refractivity contribution in [3.63, 3.8) is 0 Å². The average molecular weight is 170 g/mol. The van der Waals surface area contributed by atoms with Crippen LogP contribution in [0.1, 0.15) is 25.7 Å². The number of hydrogen-bond donors (Lipinski definition) is 1. The van der Waals surface area contributed by atoms with Crippen molar-refractivity contribution >= 4 is 5.97 Å². The molecule has 0 amide bonds. The molecule has 2 rings (SSSR count). The van der Waals surface area contributed by atoms with Crippen molar-refractivity contribution in [1.29, 1.82) is 0 Å². The van der Waals surface area contributed by atoms with Gasteiger partial charge < -0.3 is 9.84 Å². The van der Waals surface area contributed by atoms with Crippen molar-refractivity contribution in [3.05, 3.63) is 0 Å². The van der Waals surface area contributed by atoms with Gasteiger partial charge in [0.2, 0.25) is 0 Å². The Balaban J connectivity index is 1.95. The number of rotatable bonds is 3. The number of carbonyl (C=O) groups is 1. The SMILES string of the molecule is O=C(O)CC1(C2CCOC2)CC1. The summed E-state index contributed by atoms with van der Waals surface area (Å²) in [7, 11) is 0. The van der Waals surface area contributed by atoms with Gasteiger partial charge in [0.25, 0.3) is 0 Å². The molecule has 1 aliphatic heterocycles. The Hall–Kier alpha value is -0.570. The summed E-state index contributed by atoms with van der Waals surface area (Å²) in [6, 6.07) is 0. The van der Waals surface area contributed by atoms with Gasteiger partial charge in [-0.25, -0.2) is 0 Å². The summed E-state index contributed by atoms with van der Waals surface area (Å²) in [6.07, 6.45) is 3.59. The van der Waals surface area contributed by atoms with Crippen LogP contribution in [0.4, 0.5) is 0 Å². The largest absolute Gasteiger partial charge is 0.481 e. The van der Waals surface area contributed by atoms with Crippen LogP contribution in [0.3, 0.4) is 0 Å². The molecule has 12 heavy (non-hydrogen) atoms. The van der Waals surface area contributed by atoms with Crippen LogP contribution in [0.2, 0.25) is 0 Å². The van der Waals surface area contributed by atoms with E-state index in [-0.39, 0.29) is 5.41 Å². The second-order valence-corrected chi connectivity index (χ2v) is 3.99. The Morgan fingerprint density at radius 1 is 1.58 bits per heavy atom. The summed E-state index contributed by atoms with van der Waals surface area (Å²) in [5.41, 5.74) is 0.127. The molecule has 0 aromatic carbocycles. The zero-order valence-electron chi connectivity index (χ0n) is 7.08. The summed E-state index contributed by atoms with van der Waals surface area (Å²) in [6.45, 7) is 1.61. The highest BCUT2D eigenvalue weighted by molar-refractivity contribution is 5.68. The molecular formula is C9H14O3. The molecule has 1 saturated carbocycles. The van der Waals surface area contributed by atoms with Gasteiger partial charge in [0, 0.05) is 6.61 Å². The van der Waals surface area contributed by atoms with Crippen molar-refractivity contribution < 1.29 is 14.6 Å². The second-order valence-electron chi connectivity index (χ2n) is 3.99. The smallest absolute Gasteiger partial charge is 0.303 e. The quantitative estimate of drug-likeness (QED) is 0.694. The zero-order chi connectivity index (χ0) is 8.60. The van der Waals surface area contributed by atoms with Crippen LogP contribution < -0.4 is 0 Å². The fraction of sp³-hybridized carbons (Fsp3) is 0.889. The molecule has 1 atom stereocenters. The summed E-state index contributed by atoms with van der Waals surface area (Å²) >= 11 is 0. The number of ether oxygens (including phenoxy) is 1. The van der Waals surface area contributed by atoms with Crippen LogP contribution in [0, 0.1) is 11.3 Å². The molecular weight excluding hydrogens is 156 g/mol. The van der Waals surface area contributed by atoms with Crippen LogP contribution in [0.25, 0.3) is 0 Å². The molecule has 0 spiro atoms. The first-order chi connectivity index (χ1) is 5.73. The number of carboxylic acids is 1. The molecule has 2 aliphatic rings. The van der Waals surface area contributed by atoms with Gasteiger partial charge >= 0.3 is 5.97 Å². The molecule has 0 aromatic rings. The molecule has 1 aliphatic carbocycles. The molecule has 68 valence electrons. The van der Waals surface area contributed by atoms with Gasteiger partial charge in [-0.3, -0.25) is 4.79 Å². The van der Waals surface area contributed by atoms with Gasteiger partial charge in [0.15, 0.2) is 0 Å². The van der Waals surface area contributed by atoms with E-state index in [2.05, 4.69) is 0 Å². The minimum atomic E-state index is -0.653. The molecule has 1 N–H and O–H groups in total. The van der Waals surface area contributed by atoms with E-state index in [4.69, 9.17) is 9.84 Å². The van der Waals surface area contributed by atoms with Crippen LogP contribution in [-0.4, -0.2) is 24.3 Å². The third-order valence-corrected chi connectivity index (χ3v) is 3.19. The van der Waals surface area contributed by atoms with E-state index in [0.29, 0.717) is 12.3 Å². The van der Waals surface area contributed by atoms with Crippen LogP contribution in [0.15, 0.2) is 0 Å². The summed E-state index contributed by atoms with van der Waals surface area (Å²) in [5, 5.41) is 8.71. The highest BCUT2D eigenvalue weighted by Gasteiger charge is 2.51. The molecule has 2 fully saturated rings. The molecule has 1 unspecified atom stereocenters. The van der Waals surface area contributed by atoms with Crippen molar-refractivity contribution in [2.75, 3.05) is 13.2 Å². The summed E-state index contributed by atoms with van der Waals surface area (Å²) < 4.78 is 5.27. The lowest BCUT2D eigenvalue weighted by Crippen LogP contribution is -2.19. The van der Waals surface area contributed by atoms with E-state index in [0.717, 1.165) is 32.5 Å². The van der Waals surface area contributed by atoms with Crippen LogP contribution in [0.5, 0.6) is 0 Å². The zero-order valence-corrected chi connectivity index (χ0v) is 7.08. The maximum absolute atomic E-state index is 10.6. The highest BCUT2D eigenvalue weighted by Crippen LogP contribution is 2.56. The maximum Gasteiger partial charge on any atom is 0.303 e. The minimum Gasteiger partial charge on any atom is -0.481 e. The van der Waals surface area contributed by atoms with Gasteiger partial charge in [-0.2, -0.15) is 0 Å². The first-order valence-corrected chi connectivity index (χ1v) is 4.52. The number of aliphatic carboxylic acids is 1. The molecule has 0 radical (unpaired) electrons. The second kappa shape index (κ2) is 2.73. The average Bonchev–Trinajstić information content (AvgIpc) is 2.61. The van der Waals surface area contributed by atoms with Gasteiger partial charge in [-0.15, -0.1) is 0 Å². The fourth-order valence-corrected chi connectivity index (χ4v) is 2.21. The maximum atomic E-state index is 10.6. The van der Waals surface area contributed by atoms with Gasteiger partial charge in [-0.1, -0.05) is 0 Å². The predicted octanol–water partition coefficient (Wildman–Crippen LogP) is 1.28.